The number of nitrogens with one attached hydrogen (secondary N) is 1. The van der Waals surface area contributed by atoms with E-state index >= 15 is 0 Å². The molecule has 112 valence electrons. The van der Waals surface area contributed by atoms with Crippen LogP contribution in [0.1, 0.15) is 37.5 Å². The van der Waals surface area contributed by atoms with E-state index in [1.165, 1.54) is 6.07 Å². The van der Waals surface area contributed by atoms with Crippen LogP contribution >= 0.6 is 0 Å². The van der Waals surface area contributed by atoms with Crippen molar-refractivity contribution in [3.05, 3.63) is 35.1 Å². The highest BCUT2D eigenvalue weighted by atomic mass is 19.4. The highest BCUT2D eigenvalue weighted by molar-refractivity contribution is 5.29. The number of rotatable bonds is 2. The lowest BCUT2D eigenvalue weighted by molar-refractivity contribution is -0.140. The molecule has 2 nitrogen and oxygen atoms in total. The van der Waals surface area contributed by atoms with Crippen LogP contribution in [0.5, 0.6) is 0 Å². The predicted molar refractivity (Wildman–Crippen MR) is 66.8 cm³/mol. The molecule has 1 aliphatic heterocycles. The molecule has 1 aromatic rings. The Bertz CT molecular complexity index is 489. The minimum Gasteiger partial charge on any atom is -0.365 e. The van der Waals surface area contributed by atoms with Gasteiger partial charge in [-0.2, -0.15) is 13.2 Å². The van der Waals surface area contributed by atoms with Gasteiger partial charge in [-0.1, -0.05) is 13.0 Å². The molecule has 1 saturated heterocycles. The standard InChI is InChI=1S/C14H17F4NO/c1-3-13(2)8-19-7-12(20-13)9-4-5-11(15)10(6-9)14(16,17)18/h4-6,12,19H,3,7-8H2,1-2H3. The van der Waals surface area contributed by atoms with Crippen LogP contribution in [0.25, 0.3) is 0 Å². The Morgan fingerprint density at radius 3 is 2.70 bits per heavy atom. The van der Waals surface area contributed by atoms with E-state index in [0.717, 1.165) is 18.6 Å². The summed E-state index contributed by atoms with van der Waals surface area (Å²) < 4.78 is 57.3. The van der Waals surface area contributed by atoms with Crippen LogP contribution in [-0.4, -0.2) is 18.7 Å². The third kappa shape index (κ3) is 3.12. The number of ether oxygens (including phenoxy) is 1. The van der Waals surface area contributed by atoms with E-state index in [1.807, 2.05) is 13.8 Å². The fourth-order valence-electron chi connectivity index (χ4n) is 2.25. The SMILES string of the molecule is CCC1(C)CNCC(c2ccc(F)c(C(F)(F)F)c2)O1. The van der Waals surface area contributed by atoms with Gasteiger partial charge < -0.3 is 10.1 Å². The first kappa shape index (κ1) is 15.3. The molecular formula is C14H17F4NO. The zero-order chi connectivity index (χ0) is 15.0. The maximum atomic E-state index is 13.3. The van der Waals surface area contributed by atoms with Crippen LogP contribution < -0.4 is 5.32 Å². The molecule has 1 N–H and O–H groups in total. The zero-order valence-electron chi connectivity index (χ0n) is 11.4. The Hall–Kier alpha value is -1.14. The number of alkyl halides is 3. The summed E-state index contributed by atoms with van der Waals surface area (Å²) in [5.74, 6) is -1.26. The lowest BCUT2D eigenvalue weighted by Crippen LogP contribution is -2.48. The zero-order valence-corrected chi connectivity index (χ0v) is 11.4. The highest BCUT2D eigenvalue weighted by Gasteiger charge is 2.36. The summed E-state index contributed by atoms with van der Waals surface area (Å²) in [6.45, 7) is 4.92. The first-order chi connectivity index (χ1) is 9.25. The first-order valence-corrected chi connectivity index (χ1v) is 6.50. The van der Waals surface area contributed by atoms with Gasteiger partial charge in [0.15, 0.2) is 0 Å². The summed E-state index contributed by atoms with van der Waals surface area (Å²) in [5, 5.41) is 3.15. The van der Waals surface area contributed by atoms with E-state index < -0.39 is 29.3 Å². The largest absolute Gasteiger partial charge is 0.419 e. The van der Waals surface area contributed by atoms with Gasteiger partial charge in [0.25, 0.3) is 0 Å². The molecule has 1 aliphatic rings. The van der Waals surface area contributed by atoms with E-state index in [2.05, 4.69) is 5.32 Å². The van der Waals surface area contributed by atoms with E-state index in [9.17, 15) is 17.6 Å². The summed E-state index contributed by atoms with van der Waals surface area (Å²) >= 11 is 0. The Kier molecular flexibility index (Phi) is 4.07. The van der Waals surface area contributed by atoms with Crippen LogP contribution in [-0.2, 0) is 10.9 Å². The number of hydrogen-bond donors (Lipinski definition) is 1. The number of morpholine rings is 1. The highest BCUT2D eigenvalue weighted by Crippen LogP contribution is 2.35. The van der Waals surface area contributed by atoms with Gasteiger partial charge in [-0.15, -0.1) is 0 Å². The van der Waals surface area contributed by atoms with Gasteiger partial charge in [-0.25, -0.2) is 4.39 Å². The van der Waals surface area contributed by atoms with Crippen molar-refractivity contribution >= 4 is 0 Å². The molecular weight excluding hydrogens is 274 g/mol. The molecule has 2 atom stereocenters. The van der Waals surface area contributed by atoms with Crippen molar-refractivity contribution in [2.45, 2.75) is 38.1 Å². The van der Waals surface area contributed by atoms with Gasteiger partial charge in [0.05, 0.1) is 17.3 Å². The Morgan fingerprint density at radius 1 is 1.40 bits per heavy atom. The van der Waals surface area contributed by atoms with Gasteiger partial charge in [0, 0.05) is 13.1 Å². The van der Waals surface area contributed by atoms with Crippen molar-refractivity contribution in [1.82, 2.24) is 5.32 Å². The molecule has 6 heteroatoms. The Morgan fingerprint density at radius 2 is 2.10 bits per heavy atom. The minimum atomic E-state index is -4.70. The first-order valence-electron chi connectivity index (χ1n) is 6.50. The monoisotopic (exact) mass is 291 g/mol. The van der Waals surface area contributed by atoms with E-state index in [4.69, 9.17) is 4.74 Å². The molecule has 20 heavy (non-hydrogen) atoms. The smallest absolute Gasteiger partial charge is 0.365 e. The van der Waals surface area contributed by atoms with Crippen molar-refractivity contribution in [1.29, 1.82) is 0 Å². The topological polar surface area (TPSA) is 21.3 Å². The number of hydrogen-bond acceptors (Lipinski definition) is 2. The van der Waals surface area contributed by atoms with E-state index in [1.54, 1.807) is 0 Å². The van der Waals surface area contributed by atoms with Gasteiger partial charge in [0.1, 0.15) is 5.82 Å². The lowest BCUT2D eigenvalue weighted by atomic mass is 9.97. The van der Waals surface area contributed by atoms with Crippen LogP contribution in [0.4, 0.5) is 17.6 Å². The van der Waals surface area contributed by atoms with E-state index in [0.29, 0.717) is 18.7 Å². The Labute approximate surface area is 115 Å². The van der Waals surface area contributed by atoms with Gasteiger partial charge in [-0.05, 0) is 31.0 Å². The number of halogens is 4. The maximum absolute atomic E-state index is 13.3. The second-order valence-electron chi connectivity index (χ2n) is 5.28. The summed E-state index contributed by atoms with van der Waals surface area (Å²) in [4.78, 5) is 0. The quantitative estimate of drug-likeness (QED) is 0.839. The third-order valence-corrected chi connectivity index (χ3v) is 3.67. The maximum Gasteiger partial charge on any atom is 0.419 e. The van der Waals surface area contributed by atoms with Gasteiger partial charge in [0.2, 0.25) is 0 Å². The minimum absolute atomic E-state index is 0.339. The Balaban J connectivity index is 2.29. The van der Waals surface area contributed by atoms with Crippen molar-refractivity contribution in [3.8, 4) is 0 Å². The molecule has 0 bridgehead atoms. The summed E-state index contributed by atoms with van der Waals surface area (Å²) in [6.07, 6.45) is -4.46. The molecule has 0 amide bonds. The molecule has 1 heterocycles. The van der Waals surface area contributed by atoms with Gasteiger partial charge >= 0.3 is 6.18 Å². The average Bonchev–Trinajstić information content (AvgIpc) is 2.38. The summed E-state index contributed by atoms with van der Waals surface area (Å²) in [6, 6.07) is 3.03. The summed E-state index contributed by atoms with van der Waals surface area (Å²) in [7, 11) is 0. The van der Waals surface area contributed by atoms with Crippen LogP contribution in [0.3, 0.4) is 0 Å². The second-order valence-corrected chi connectivity index (χ2v) is 5.28. The van der Waals surface area contributed by atoms with Crippen LogP contribution in [0, 0.1) is 5.82 Å². The molecule has 1 fully saturated rings. The second kappa shape index (κ2) is 5.33. The molecule has 0 aromatic heterocycles. The normalized spacial score (nSPS) is 27.6. The third-order valence-electron chi connectivity index (χ3n) is 3.67. The van der Waals surface area contributed by atoms with Crippen molar-refractivity contribution in [2.75, 3.05) is 13.1 Å². The predicted octanol–water partition coefficient (Wildman–Crippen LogP) is 3.67. The van der Waals surface area contributed by atoms with Crippen LogP contribution in [0.15, 0.2) is 18.2 Å². The molecule has 2 rings (SSSR count). The molecule has 1 aromatic carbocycles. The fourth-order valence-corrected chi connectivity index (χ4v) is 2.25. The van der Waals surface area contributed by atoms with E-state index in [-0.39, 0.29) is 0 Å². The molecule has 0 spiro atoms. The average molecular weight is 291 g/mol. The number of benzene rings is 1. The fraction of sp³-hybridized carbons (Fsp3) is 0.571. The van der Waals surface area contributed by atoms with Crippen molar-refractivity contribution in [2.24, 2.45) is 0 Å². The molecule has 2 unspecified atom stereocenters. The van der Waals surface area contributed by atoms with Crippen molar-refractivity contribution < 1.29 is 22.3 Å². The van der Waals surface area contributed by atoms with Crippen LogP contribution in [0.2, 0.25) is 0 Å². The molecule has 0 radical (unpaired) electrons. The van der Waals surface area contributed by atoms with Crippen molar-refractivity contribution in [3.63, 3.8) is 0 Å². The van der Waals surface area contributed by atoms with Gasteiger partial charge in [-0.3, -0.25) is 0 Å². The summed E-state index contributed by atoms with van der Waals surface area (Å²) in [5.41, 5.74) is -1.33. The molecule has 0 saturated carbocycles. The lowest BCUT2D eigenvalue weighted by Gasteiger charge is -2.39. The molecule has 0 aliphatic carbocycles.